The number of carboxylic acid groups (broad SMARTS) is 1. The number of hydrogen-bond donors (Lipinski definition) is 1. The normalized spacial score (nSPS) is 17.9. The van der Waals surface area contributed by atoms with Gasteiger partial charge in [-0.25, -0.2) is 18.0 Å². The highest BCUT2D eigenvalue weighted by Crippen LogP contribution is 2.45. The molecule has 0 radical (unpaired) electrons. The van der Waals surface area contributed by atoms with Crippen LogP contribution in [0.2, 0.25) is 5.02 Å². The van der Waals surface area contributed by atoms with Crippen LogP contribution in [0.25, 0.3) is 0 Å². The van der Waals surface area contributed by atoms with Crippen molar-refractivity contribution in [1.29, 1.82) is 0 Å². The summed E-state index contributed by atoms with van der Waals surface area (Å²) in [6.45, 7) is 0. The fourth-order valence-electron chi connectivity index (χ4n) is 3.07. The van der Waals surface area contributed by atoms with E-state index in [2.05, 4.69) is 4.74 Å². The van der Waals surface area contributed by atoms with E-state index >= 15 is 0 Å². The number of ether oxygens (including phenoxy) is 1. The number of anilines is 1. The smallest absolute Gasteiger partial charge is 0.479 e. The Balaban J connectivity index is 2.60. The molecule has 0 unspecified atom stereocenters. The van der Waals surface area contributed by atoms with Crippen LogP contribution in [0.1, 0.15) is 25.7 Å². The molecule has 0 atom stereocenters. The summed E-state index contributed by atoms with van der Waals surface area (Å²) in [6.07, 6.45) is -3.52. The number of halogens is 7. The third kappa shape index (κ3) is 4.70. The van der Waals surface area contributed by atoms with Crippen LogP contribution in [0.15, 0.2) is 12.1 Å². The molecule has 0 aliphatic heterocycles. The molecule has 0 saturated heterocycles. The lowest BCUT2D eigenvalue weighted by Gasteiger charge is -2.44. The minimum atomic E-state index is -5.28. The topological polar surface area (TPSA) is 66.8 Å². The maximum Gasteiger partial charge on any atom is 0.573 e. The van der Waals surface area contributed by atoms with Gasteiger partial charge in [0.1, 0.15) is 5.54 Å². The Kier molecular flexibility index (Phi) is 5.99. The Morgan fingerprint density at radius 3 is 2.17 bits per heavy atom. The number of terminal acetylenes is 1. The Bertz CT molecular complexity index is 847. The number of benzene rings is 1. The number of hydrogen-bond acceptors (Lipinski definition) is 3. The zero-order valence-corrected chi connectivity index (χ0v) is 15.1. The van der Waals surface area contributed by atoms with E-state index in [0.717, 1.165) is 0 Å². The van der Waals surface area contributed by atoms with Crippen molar-refractivity contribution in [3.63, 3.8) is 0 Å². The molecule has 158 valence electrons. The van der Waals surface area contributed by atoms with Gasteiger partial charge >= 0.3 is 18.2 Å². The molecule has 1 fully saturated rings. The van der Waals surface area contributed by atoms with E-state index in [1.165, 1.54) is 0 Å². The molecule has 1 N–H and O–H groups in total. The molecule has 5 nitrogen and oxygen atoms in total. The van der Waals surface area contributed by atoms with Crippen LogP contribution < -0.4 is 9.64 Å². The minimum Gasteiger partial charge on any atom is -0.479 e. The first-order valence-electron chi connectivity index (χ1n) is 7.89. The molecule has 1 saturated carbocycles. The number of amides is 1. The molecule has 0 heterocycles. The zero-order valence-electron chi connectivity index (χ0n) is 14.3. The van der Waals surface area contributed by atoms with Crippen LogP contribution in [0.3, 0.4) is 0 Å². The van der Waals surface area contributed by atoms with Crippen LogP contribution in [0.5, 0.6) is 5.75 Å². The van der Waals surface area contributed by atoms with Crippen LogP contribution in [0.4, 0.5) is 32.0 Å². The lowest BCUT2D eigenvalue weighted by atomic mass is 9.78. The van der Waals surface area contributed by atoms with Crippen LogP contribution in [-0.2, 0) is 9.59 Å². The van der Waals surface area contributed by atoms with Crippen molar-refractivity contribution in [3.8, 4) is 18.1 Å². The van der Waals surface area contributed by atoms with Crippen LogP contribution >= 0.6 is 11.6 Å². The molecule has 12 heteroatoms. The van der Waals surface area contributed by atoms with E-state index in [-0.39, 0.29) is 0 Å². The molecule has 0 spiro atoms. The largest absolute Gasteiger partial charge is 0.573 e. The van der Waals surface area contributed by atoms with Crippen molar-refractivity contribution in [3.05, 3.63) is 23.0 Å². The third-order valence-electron chi connectivity index (χ3n) is 4.42. The highest BCUT2D eigenvalue weighted by molar-refractivity contribution is 6.32. The summed E-state index contributed by atoms with van der Waals surface area (Å²) < 4.78 is 82.0. The molecule has 1 aliphatic carbocycles. The standard InChI is InChI=1S/C17H12ClF6NO4/c1-2-12(26)25(15(14(27)28)3-5-16(20,21)6-4-15)9-7-10(18)13(11(19)8-9)29-17(22,23)24/h1,7-8H,3-6H2,(H,27,28). The third-order valence-corrected chi connectivity index (χ3v) is 4.70. The van der Waals surface area contributed by atoms with E-state index in [9.17, 15) is 41.0 Å². The van der Waals surface area contributed by atoms with Crippen molar-refractivity contribution in [1.82, 2.24) is 0 Å². The van der Waals surface area contributed by atoms with Gasteiger partial charge in [0.05, 0.1) is 10.7 Å². The second kappa shape index (κ2) is 7.67. The van der Waals surface area contributed by atoms with Gasteiger partial charge in [0, 0.05) is 18.9 Å². The zero-order chi connectivity index (χ0) is 22.2. The predicted molar refractivity (Wildman–Crippen MR) is 88.2 cm³/mol. The lowest BCUT2D eigenvalue weighted by Crippen LogP contribution is -2.60. The van der Waals surface area contributed by atoms with Gasteiger partial charge in [-0.1, -0.05) is 11.6 Å². The molecular formula is C17H12ClF6NO4. The number of nitrogens with zero attached hydrogens (tertiary/aromatic N) is 1. The molecule has 1 aliphatic rings. The number of alkyl halides is 5. The summed E-state index contributed by atoms with van der Waals surface area (Å²) in [5.41, 5.74) is -2.88. The number of carbonyl (C=O) groups is 2. The first-order valence-corrected chi connectivity index (χ1v) is 8.27. The van der Waals surface area contributed by atoms with E-state index in [4.69, 9.17) is 18.0 Å². The maximum absolute atomic E-state index is 14.2. The first-order chi connectivity index (χ1) is 13.2. The van der Waals surface area contributed by atoms with Crippen LogP contribution in [0, 0.1) is 18.2 Å². The second-order valence-corrected chi connectivity index (χ2v) is 6.67. The highest BCUT2D eigenvalue weighted by atomic mass is 35.5. The van der Waals surface area contributed by atoms with Gasteiger partial charge in [-0.05, 0) is 24.8 Å². The van der Waals surface area contributed by atoms with Crippen molar-refractivity contribution in [2.45, 2.75) is 43.5 Å². The summed E-state index contributed by atoms with van der Waals surface area (Å²) in [6, 6.07) is 0.998. The molecule has 1 amide bonds. The summed E-state index contributed by atoms with van der Waals surface area (Å²) in [5, 5.41) is 8.74. The van der Waals surface area contributed by atoms with Gasteiger partial charge in [-0.3, -0.25) is 9.69 Å². The van der Waals surface area contributed by atoms with E-state index in [0.29, 0.717) is 17.0 Å². The molecule has 1 aromatic carbocycles. The monoisotopic (exact) mass is 443 g/mol. The molecule has 29 heavy (non-hydrogen) atoms. The van der Waals surface area contributed by atoms with E-state index in [1.807, 2.05) is 0 Å². The second-order valence-electron chi connectivity index (χ2n) is 6.26. The molecule has 0 aromatic heterocycles. The molecular weight excluding hydrogens is 432 g/mol. The van der Waals surface area contributed by atoms with E-state index in [1.54, 1.807) is 5.92 Å². The quantitative estimate of drug-likeness (QED) is 0.554. The van der Waals surface area contributed by atoms with Crippen LogP contribution in [-0.4, -0.2) is 34.8 Å². The summed E-state index contributed by atoms with van der Waals surface area (Å²) in [7, 11) is 0. The fraction of sp³-hybridized carbons (Fsp3) is 0.412. The number of carbonyl (C=O) groups excluding carboxylic acids is 1. The Labute approximate surface area is 165 Å². The Morgan fingerprint density at radius 1 is 1.21 bits per heavy atom. The lowest BCUT2D eigenvalue weighted by molar-refractivity contribution is -0.275. The van der Waals surface area contributed by atoms with Gasteiger partial charge in [0.25, 0.3) is 0 Å². The maximum atomic E-state index is 14.2. The summed E-state index contributed by atoms with van der Waals surface area (Å²) >= 11 is 5.62. The average molecular weight is 444 g/mol. The van der Waals surface area contributed by atoms with E-state index < -0.39 is 77.7 Å². The molecule has 1 aromatic rings. The van der Waals surface area contributed by atoms with Crippen molar-refractivity contribution < 1.29 is 45.8 Å². The van der Waals surface area contributed by atoms with Gasteiger partial charge < -0.3 is 9.84 Å². The average Bonchev–Trinajstić information content (AvgIpc) is 2.58. The van der Waals surface area contributed by atoms with Gasteiger partial charge in [-0.2, -0.15) is 0 Å². The minimum absolute atomic E-state index is 0.361. The van der Waals surface area contributed by atoms with Crippen molar-refractivity contribution in [2.24, 2.45) is 0 Å². The number of aliphatic carboxylic acids is 1. The van der Waals surface area contributed by atoms with Gasteiger partial charge in [-0.15, -0.1) is 19.6 Å². The fourth-order valence-corrected chi connectivity index (χ4v) is 3.32. The molecule has 2 rings (SSSR count). The Morgan fingerprint density at radius 2 is 1.76 bits per heavy atom. The predicted octanol–water partition coefficient (Wildman–Crippen LogP) is 4.38. The molecule has 0 bridgehead atoms. The summed E-state index contributed by atoms with van der Waals surface area (Å²) in [5.74, 6) is -7.66. The number of rotatable bonds is 4. The number of carboxylic acids is 1. The summed E-state index contributed by atoms with van der Waals surface area (Å²) in [4.78, 5) is 24.6. The highest BCUT2D eigenvalue weighted by Gasteiger charge is 2.53. The van der Waals surface area contributed by atoms with Gasteiger partial charge in [0.2, 0.25) is 5.92 Å². The first kappa shape index (κ1) is 22.7. The van der Waals surface area contributed by atoms with Crippen molar-refractivity contribution >= 4 is 29.2 Å². The van der Waals surface area contributed by atoms with Crippen molar-refractivity contribution in [2.75, 3.05) is 4.90 Å². The SMILES string of the molecule is C#CC(=O)N(c1cc(F)c(OC(F)(F)F)c(Cl)c1)C1(C(=O)O)CCC(F)(F)CC1. The Hall–Kier alpha value is -2.61. The van der Waals surface area contributed by atoms with Gasteiger partial charge in [0.15, 0.2) is 11.6 Å².